The fourth-order valence-electron chi connectivity index (χ4n) is 4.77. The summed E-state index contributed by atoms with van der Waals surface area (Å²) in [5.74, 6) is -2.58. The van der Waals surface area contributed by atoms with Gasteiger partial charge in [0.25, 0.3) is 5.91 Å². The molecule has 172 valence electrons. The van der Waals surface area contributed by atoms with E-state index >= 15 is 0 Å². The Morgan fingerprint density at radius 2 is 1.87 bits per heavy atom. The van der Waals surface area contributed by atoms with Crippen LogP contribution in [0.1, 0.15) is 34.1 Å². The normalized spacial score (nSPS) is 34.9. The van der Waals surface area contributed by atoms with Crippen molar-refractivity contribution in [2.24, 2.45) is 5.92 Å². The summed E-state index contributed by atoms with van der Waals surface area (Å²) in [7, 11) is -2.30. The lowest BCUT2D eigenvalue weighted by atomic mass is 9.83. The number of esters is 1. The van der Waals surface area contributed by atoms with Crippen molar-refractivity contribution >= 4 is 32.2 Å². The number of hydrogen-bond acceptors (Lipinski definition) is 8. The SMILES string of the molecule is CC(=O)O[C@@H]1[C@H]2O[C@@]3([C@@H](O[Si](C)(C)C(C)(C)C)CCN3C2=O)[C@H]1C(=O)N1CCOC1=O. The molecule has 1 spiro atoms. The van der Waals surface area contributed by atoms with Crippen molar-refractivity contribution < 1.29 is 37.8 Å². The van der Waals surface area contributed by atoms with Crippen molar-refractivity contribution in [1.82, 2.24) is 9.80 Å². The molecule has 4 heterocycles. The van der Waals surface area contributed by atoms with Crippen molar-refractivity contribution in [2.45, 2.75) is 76.3 Å². The maximum absolute atomic E-state index is 13.6. The Hall–Kier alpha value is -1.98. The number of carbonyl (C=O) groups is 4. The van der Waals surface area contributed by atoms with Crippen LogP contribution in [0.4, 0.5) is 4.79 Å². The lowest BCUT2D eigenvalue weighted by molar-refractivity contribution is -0.171. The maximum atomic E-state index is 13.6. The Morgan fingerprint density at radius 1 is 1.19 bits per heavy atom. The summed E-state index contributed by atoms with van der Waals surface area (Å²) in [6.45, 7) is 12.3. The van der Waals surface area contributed by atoms with Crippen molar-refractivity contribution in [2.75, 3.05) is 19.7 Å². The molecule has 3 amide bonds. The van der Waals surface area contributed by atoms with E-state index < -0.39 is 56.2 Å². The molecule has 0 aliphatic carbocycles. The third-order valence-electron chi connectivity index (χ3n) is 7.23. The Morgan fingerprint density at radius 3 is 2.42 bits per heavy atom. The molecule has 0 N–H and O–H groups in total. The van der Waals surface area contributed by atoms with E-state index in [4.69, 9.17) is 18.6 Å². The maximum Gasteiger partial charge on any atom is 0.416 e. The molecule has 10 nitrogen and oxygen atoms in total. The van der Waals surface area contributed by atoms with Crippen LogP contribution in [0.15, 0.2) is 0 Å². The Labute approximate surface area is 182 Å². The van der Waals surface area contributed by atoms with Gasteiger partial charge in [-0.1, -0.05) is 20.8 Å². The molecule has 4 saturated heterocycles. The minimum absolute atomic E-state index is 0.0966. The first-order valence-corrected chi connectivity index (χ1v) is 13.5. The number of carbonyl (C=O) groups excluding carboxylic acids is 4. The average Bonchev–Trinajstić information content (AvgIpc) is 3.35. The minimum atomic E-state index is -2.30. The van der Waals surface area contributed by atoms with E-state index in [9.17, 15) is 19.2 Å². The number of hydrogen-bond donors (Lipinski definition) is 0. The number of piperidine rings is 1. The lowest BCUT2D eigenvalue weighted by Gasteiger charge is -2.45. The lowest BCUT2D eigenvalue weighted by Crippen LogP contribution is -2.65. The summed E-state index contributed by atoms with van der Waals surface area (Å²) in [5, 5.41) is -0.106. The first kappa shape index (κ1) is 22.2. The zero-order valence-corrected chi connectivity index (χ0v) is 19.8. The predicted octanol–water partition coefficient (Wildman–Crippen LogP) is 1.24. The Kier molecular flexibility index (Phi) is 5.02. The van der Waals surface area contributed by atoms with Gasteiger partial charge < -0.3 is 23.5 Å². The van der Waals surface area contributed by atoms with Gasteiger partial charge in [-0.05, 0) is 24.6 Å². The second-order valence-electron chi connectivity index (χ2n) is 10.1. The predicted molar refractivity (Wildman–Crippen MR) is 108 cm³/mol. The van der Waals surface area contributed by atoms with Gasteiger partial charge in [-0.25, -0.2) is 9.69 Å². The zero-order chi connectivity index (χ0) is 22.9. The zero-order valence-electron chi connectivity index (χ0n) is 18.8. The van der Waals surface area contributed by atoms with E-state index in [1.165, 1.54) is 6.92 Å². The van der Waals surface area contributed by atoms with E-state index in [1.807, 2.05) is 0 Å². The van der Waals surface area contributed by atoms with Gasteiger partial charge >= 0.3 is 12.1 Å². The van der Waals surface area contributed by atoms with Crippen molar-refractivity contribution in [3.63, 3.8) is 0 Å². The largest absolute Gasteiger partial charge is 0.458 e. The number of ether oxygens (including phenoxy) is 3. The average molecular weight is 455 g/mol. The van der Waals surface area contributed by atoms with Gasteiger partial charge in [-0.3, -0.25) is 14.4 Å². The summed E-state index contributed by atoms with van der Waals surface area (Å²) < 4.78 is 23.2. The molecule has 0 unspecified atom stereocenters. The molecule has 11 heteroatoms. The number of nitrogens with zero attached hydrogens (tertiary/aromatic N) is 2. The van der Waals surface area contributed by atoms with Crippen LogP contribution in [0, 0.1) is 5.92 Å². The van der Waals surface area contributed by atoms with E-state index in [0.29, 0.717) is 13.0 Å². The van der Waals surface area contributed by atoms with Crippen LogP contribution in [0.5, 0.6) is 0 Å². The monoisotopic (exact) mass is 454 g/mol. The highest BCUT2D eigenvalue weighted by molar-refractivity contribution is 6.74. The highest BCUT2D eigenvalue weighted by Gasteiger charge is 2.77. The van der Waals surface area contributed by atoms with Gasteiger partial charge in [0.05, 0.1) is 12.6 Å². The van der Waals surface area contributed by atoms with Crippen molar-refractivity contribution in [1.29, 1.82) is 0 Å². The summed E-state index contributed by atoms with van der Waals surface area (Å²) in [6, 6.07) is 0. The van der Waals surface area contributed by atoms with Gasteiger partial charge in [0.2, 0.25) is 5.91 Å². The molecule has 31 heavy (non-hydrogen) atoms. The molecule has 0 aromatic carbocycles. The summed E-state index contributed by atoms with van der Waals surface area (Å²) in [4.78, 5) is 53.1. The second kappa shape index (κ2) is 7.01. The van der Waals surface area contributed by atoms with Gasteiger partial charge in [0.15, 0.2) is 26.3 Å². The molecule has 0 saturated carbocycles. The van der Waals surface area contributed by atoms with E-state index in [-0.39, 0.29) is 24.1 Å². The fourth-order valence-corrected chi connectivity index (χ4v) is 6.12. The molecule has 4 aliphatic heterocycles. The highest BCUT2D eigenvalue weighted by atomic mass is 28.4. The molecule has 5 atom stereocenters. The van der Waals surface area contributed by atoms with Gasteiger partial charge in [0, 0.05) is 13.5 Å². The molecule has 0 aromatic heterocycles. The van der Waals surface area contributed by atoms with E-state index in [1.54, 1.807) is 4.90 Å². The molecular formula is C20H30N2O8Si. The third-order valence-corrected chi connectivity index (χ3v) is 11.7. The number of imide groups is 1. The van der Waals surface area contributed by atoms with Crippen LogP contribution in [0.2, 0.25) is 18.1 Å². The number of rotatable bonds is 4. The Balaban J connectivity index is 1.76. The minimum Gasteiger partial charge on any atom is -0.458 e. The molecule has 0 radical (unpaired) electrons. The molecule has 4 aliphatic rings. The van der Waals surface area contributed by atoms with Crippen LogP contribution in [-0.2, 0) is 33.0 Å². The van der Waals surface area contributed by atoms with Crippen LogP contribution >= 0.6 is 0 Å². The summed E-state index contributed by atoms with van der Waals surface area (Å²) in [6.07, 6.45) is -3.04. The van der Waals surface area contributed by atoms with Crippen molar-refractivity contribution in [3.05, 3.63) is 0 Å². The first-order chi connectivity index (χ1) is 14.3. The highest BCUT2D eigenvalue weighted by Crippen LogP contribution is 2.56. The summed E-state index contributed by atoms with van der Waals surface area (Å²) >= 11 is 0. The molecule has 2 bridgehead atoms. The topological polar surface area (TPSA) is 112 Å². The van der Waals surface area contributed by atoms with Gasteiger partial charge in [-0.2, -0.15) is 0 Å². The van der Waals surface area contributed by atoms with Crippen LogP contribution in [0.25, 0.3) is 0 Å². The van der Waals surface area contributed by atoms with E-state index in [0.717, 1.165) is 4.90 Å². The Bertz CT molecular complexity index is 840. The first-order valence-electron chi connectivity index (χ1n) is 10.6. The molecule has 0 aromatic rings. The van der Waals surface area contributed by atoms with E-state index in [2.05, 4.69) is 33.9 Å². The number of cyclic esters (lactones) is 1. The van der Waals surface area contributed by atoms with Crippen LogP contribution < -0.4 is 0 Å². The standard InChI is InChI=1S/C20H30N2O8Si/c1-11(23)28-14-13(16(24)21-9-10-27-18(21)26)20-12(30-31(5,6)19(2,3)4)7-8-22(20)17(25)15(14)29-20/h12-15H,7-10H2,1-6H3/t12-,13+,14-,15+,20-/m0/s1. The molecule has 4 rings (SSSR count). The van der Waals surface area contributed by atoms with Gasteiger partial charge in [0.1, 0.15) is 12.5 Å². The molecular weight excluding hydrogens is 424 g/mol. The number of amides is 3. The van der Waals surface area contributed by atoms with Gasteiger partial charge in [-0.15, -0.1) is 0 Å². The fraction of sp³-hybridized carbons (Fsp3) is 0.800. The smallest absolute Gasteiger partial charge is 0.416 e. The molecule has 4 fully saturated rings. The summed E-state index contributed by atoms with van der Waals surface area (Å²) in [5.41, 5.74) is -1.41. The third kappa shape index (κ3) is 3.12. The van der Waals surface area contributed by atoms with Crippen LogP contribution in [-0.4, -0.2) is 85.7 Å². The quantitative estimate of drug-likeness (QED) is 0.461. The van der Waals surface area contributed by atoms with Crippen molar-refractivity contribution in [3.8, 4) is 0 Å². The van der Waals surface area contributed by atoms with Crippen LogP contribution in [0.3, 0.4) is 0 Å². The number of fused-ring (bicyclic) bond motifs is 1. The second-order valence-corrected chi connectivity index (χ2v) is 14.8.